The fourth-order valence-electron chi connectivity index (χ4n) is 7.33. The second kappa shape index (κ2) is 50.2. The van der Waals surface area contributed by atoms with Crippen molar-refractivity contribution in [1.29, 1.82) is 0 Å². The topological polar surface area (TPSA) is 61.8 Å². The highest BCUT2D eigenvalue weighted by Gasteiger charge is 2.17. The van der Waals surface area contributed by atoms with Crippen LogP contribution in [0.3, 0.4) is 0 Å². The molecule has 0 heterocycles. The first-order chi connectivity index (χ1) is 29.1. The summed E-state index contributed by atoms with van der Waals surface area (Å²) in [4.78, 5) is 25.3. The van der Waals surface area contributed by atoms with Gasteiger partial charge in [0.15, 0.2) is 6.10 Å². The second-order valence-corrected chi connectivity index (χ2v) is 17.1. The average Bonchev–Trinajstić information content (AvgIpc) is 3.24. The molecule has 1 atom stereocenters. The van der Waals surface area contributed by atoms with Crippen molar-refractivity contribution in [3.05, 3.63) is 48.6 Å². The summed E-state index contributed by atoms with van der Waals surface area (Å²) in [6, 6.07) is 0. The van der Waals surface area contributed by atoms with Crippen LogP contribution in [0.1, 0.15) is 258 Å². The standard InChI is InChI=1S/C54H98O5/c1-4-7-10-13-16-19-22-25-27-29-31-34-37-40-43-46-49-57-50-52(51-58-53(55)47-44-41-38-35-32-24-21-18-15-12-9-6-3)59-54(56)48-45-42-39-36-33-30-28-26-23-20-17-14-11-8-5-2/h8,11,17,20,26,28,33,36,52H,4-7,9-10,12-16,18-19,21-25,27,29-32,34-35,37-51H2,1-3H3/b11-8-,20-17-,28-26-,36-33-/t52-/m1/s1. The van der Waals surface area contributed by atoms with Gasteiger partial charge in [-0.3, -0.25) is 9.59 Å². The van der Waals surface area contributed by atoms with E-state index < -0.39 is 6.10 Å². The van der Waals surface area contributed by atoms with Crippen molar-refractivity contribution < 1.29 is 23.8 Å². The lowest BCUT2D eigenvalue weighted by molar-refractivity contribution is -0.163. The van der Waals surface area contributed by atoms with Crippen LogP contribution in [0.4, 0.5) is 0 Å². The zero-order valence-electron chi connectivity index (χ0n) is 39.5. The van der Waals surface area contributed by atoms with Gasteiger partial charge in [-0.15, -0.1) is 0 Å². The highest BCUT2D eigenvalue weighted by molar-refractivity contribution is 5.70. The number of carbonyl (C=O) groups excluding carboxylic acids is 2. The fraction of sp³-hybridized carbons (Fsp3) is 0.815. The van der Waals surface area contributed by atoms with Crippen molar-refractivity contribution in [2.75, 3.05) is 19.8 Å². The van der Waals surface area contributed by atoms with E-state index in [1.807, 2.05) is 0 Å². The van der Waals surface area contributed by atoms with E-state index in [9.17, 15) is 9.59 Å². The first kappa shape index (κ1) is 56.9. The molecule has 0 rings (SSSR count). The van der Waals surface area contributed by atoms with Crippen LogP contribution in [0.2, 0.25) is 0 Å². The van der Waals surface area contributed by atoms with Gasteiger partial charge in [-0.25, -0.2) is 0 Å². The third-order valence-corrected chi connectivity index (χ3v) is 11.1. The van der Waals surface area contributed by atoms with Gasteiger partial charge in [0.05, 0.1) is 6.61 Å². The molecule has 59 heavy (non-hydrogen) atoms. The van der Waals surface area contributed by atoms with Crippen LogP contribution in [0.15, 0.2) is 48.6 Å². The van der Waals surface area contributed by atoms with Gasteiger partial charge in [0, 0.05) is 19.4 Å². The molecule has 5 heteroatoms. The van der Waals surface area contributed by atoms with E-state index >= 15 is 0 Å². The number of unbranched alkanes of at least 4 members (excludes halogenated alkanes) is 28. The van der Waals surface area contributed by atoms with Gasteiger partial charge < -0.3 is 14.2 Å². The van der Waals surface area contributed by atoms with E-state index in [1.54, 1.807) is 0 Å². The Bertz CT molecular complexity index is 981. The van der Waals surface area contributed by atoms with Crippen molar-refractivity contribution in [2.45, 2.75) is 264 Å². The highest BCUT2D eigenvalue weighted by atomic mass is 16.6. The molecule has 0 fully saturated rings. The molecule has 0 N–H and O–H groups in total. The van der Waals surface area contributed by atoms with Crippen molar-refractivity contribution in [3.8, 4) is 0 Å². The lowest BCUT2D eigenvalue weighted by atomic mass is 10.0. The molecule has 0 bridgehead atoms. The van der Waals surface area contributed by atoms with E-state index in [4.69, 9.17) is 14.2 Å². The third kappa shape index (κ3) is 48.4. The van der Waals surface area contributed by atoms with Crippen LogP contribution in [0.25, 0.3) is 0 Å². The first-order valence-electron chi connectivity index (χ1n) is 25.7. The summed E-state index contributed by atoms with van der Waals surface area (Å²) in [6.07, 6.45) is 61.2. The number of rotatable bonds is 47. The van der Waals surface area contributed by atoms with E-state index in [2.05, 4.69) is 69.4 Å². The number of hydrogen-bond donors (Lipinski definition) is 0. The summed E-state index contributed by atoms with van der Waals surface area (Å²) >= 11 is 0. The molecule has 5 nitrogen and oxygen atoms in total. The number of hydrogen-bond acceptors (Lipinski definition) is 5. The molecule has 0 saturated heterocycles. The zero-order chi connectivity index (χ0) is 42.8. The van der Waals surface area contributed by atoms with Crippen LogP contribution < -0.4 is 0 Å². The van der Waals surface area contributed by atoms with Crippen molar-refractivity contribution in [1.82, 2.24) is 0 Å². The maximum atomic E-state index is 12.8. The molecule has 0 aliphatic rings. The largest absolute Gasteiger partial charge is 0.462 e. The minimum absolute atomic E-state index is 0.0732. The van der Waals surface area contributed by atoms with Crippen molar-refractivity contribution in [2.24, 2.45) is 0 Å². The number of allylic oxidation sites excluding steroid dienone is 8. The zero-order valence-corrected chi connectivity index (χ0v) is 39.5. The molecule has 0 aromatic carbocycles. The third-order valence-electron chi connectivity index (χ3n) is 11.1. The lowest BCUT2D eigenvalue weighted by Gasteiger charge is -2.18. The second-order valence-electron chi connectivity index (χ2n) is 17.1. The van der Waals surface area contributed by atoms with Gasteiger partial charge in [0.2, 0.25) is 0 Å². The Kier molecular flexibility index (Phi) is 48.4. The molecule has 0 amide bonds. The molecule has 0 aromatic heterocycles. The summed E-state index contributed by atoms with van der Waals surface area (Å²) in [5.74, 6) is -0.433. The summed E-state index contributed by atoms with van der Waals surface area (Å²) < 4.78 is 17.4. The van der Waals surface area contributed by atoms with Gasteiger partial charge in [0.1, 0.15) is 6.61 Å². The Balaban J connectivity index is 4.29. The number of ether oxygens (including phenoxy) is 3. The lowest BCUT2D eigenvalue weighted by Crippen LogP contribution is -2.30. The van der Waals surface area contributed by atoms with Crippen LogP contribution in [0.5, 0.6) is 0 Å². The Morgan fingerprint density at radius 1 is 0.390 bits per heavy atom. The smallest absolute Gasteiger partial charge is 0.306 e. The van der Waals surface area contributed by atoms with Crippen molar-refractivity contribution >= 4 is 11.9 Å². The van der Waals surface area contributed by atoms with Crippen LogP contribution in [-0.4, -0.2) is 37.9 Å². The van der Waals surface area contributed by atoms with E-state index in [1.165, 1.54) is 154 Å². The molecular formula is C54H98O5. The minimum atomic E-state index is -0.552. The Morgan fingerprint density at radius 2 is 0.763 bits per heavy atom. The monoisotopic (exact) mass is 827 g/mol. The number of esters is 2. The quantitative estimate of drug-likeness (QED) is 0.0347. The summed E-state index contributed by atoms with van der Waals surface area (Å²) in [5.41, 5.74) is 0. The predicted octanol–water partition coefficient (Wildman–Crippen LogP) is 17.2. The Labute approximate surface area is 367 Å². The molecule has 0 aliphatic carbocycles. The average molecular weight is 827 g/mol. The van der Waals surface area contributed by atoms with Gasteiger partial charge >= 0.3 is 11.9 Å². The van der Waals surface area contributed by atoms with E-state index in [0.717, 1.165) is 70.6 Å². The molecule has 0 unspecified atom stereocenters. The van der Waals surface area contributed by atoms with Gasteiger partial charge in [0.25, 0.3) is 0 Å². The summed E-state index contributed by atoms with van der Waals surface area (Å²) in [6.45, 7) is 7.71. The molecule has 0 aromatic rings. The molecule has 344 valence electrons. The van der Waals surface area contributed by atoms with E-state index in [0.29, 0.717) is 19.4 Å². The Morgan fingerprint density at radius 3 is 1.22 bits per heavy atom. The van der Waals surface area contributed by atoms with Gasteiger partial charge in [-0.05, 0) is 57.8 Å². The van der Waals surface area contributed by atoms with Crippen LogP contribution >= 0.6 is 0 Å². The first-order valence-corrected chi connectivity index (χ1v) is 25.7. The summed E-state index contributed by atoms with van der Waals surface area (Å²) in [7, 11) is 0. The maximum absolute atomic E-state index is 12.8. The normalized spacial score (nSPS) is 12.5. The van der Waals surface area contributed by atoms with Crippen LogP contribution in [-0.2, 0) is 23.8 Å². The molecule has 0 aliphatic heterocycles. The fourth-order valence-corrected chi connectivity index (χ4v) is 7.33. The Hall–Kier alpha value is -2.14. The summed E-state index contributed by atoms with van der Waals surface area (Å²) in [5, 5.41) is 0. The van der Waals surface area contributed by atoms with Crippen LogP contribution in [0, 0.1) is 0 Å². The minimum Gasteiger partial charge on any atom is -0.462 e. The predicted molar refractivity (Wildman–Crippen MR) is 256 cm³/mol. The van der Waals surface area contributed by atoms with Gasteiger partial charge in [-0.1, -0.05) is 236 Å². The molecule has 0 saturated carbocycles. The molecule has 0 radical (unpaired) electrons. The number of carbonyl (C=O) groups is 2. The highest BCUT2D eigenvalue weighted by Crippen LogP contribution is 2.15. The molecular weight excluding hydrogens is 729 g/mol. The van der Waals surface area contributed by atoms with E-state index in [-0.39, 0.29) is 25.2 Å². The van der Waals surface area contributed by atoms with Crippen molar-refractivity contribution in [3.63, 3.8) is 0 Å². The molecule has 0 spiro atoms. The maximum Gasteiger partial charge on any atom is 0.306 e. The van der Waals surface area contributed by atoms with Gasteiger partial charge in [-0.2, -0.15) is 0 Å². The SMILES string of the molecule is CC/C=C\C/C=C\C/C=C\C/C=C\CCCCC(=O)O[C@H](COCCCCCCCCCCCCCCCCCC)COC(=O)CCCCCCCCCCCCCC.